The van der Waals surface area contributed by atoms with Crippen molar-refractivity contribution in [3.05, 3.63) is 0 Å². The third-order valence-corrected chi connectivity index (χ3v) is 3.12. The molecule has 1 rings (SSSR count). The molecule has 1 atom stereocenters. The summed E-state index contributed by atoms with van der Waals surface area (Å²) < 4.78 is 10.6. The highest BCUT2D eigenvalue weighted by molar-refractivity contribution is 4.92. The van der Waals surface area contributed by atoms with Crippen molar-refractivity contribution < 1.29 is 9.47 Å². The van der Waals surface area contributed by atoms with Crippen LogP contribution in [-0.2, 0) is 9.47 Å². The minimum atomic E-state index is 0.0385. The van der Waals surface area contributed by atoms with Crippen molar-refractivity contribution in [1.82, 2.24) is 4.90 Å². The normalized spacial score (nSPS) is 28.3. The van der Waals surface area contributed by atoms with Crippen molar-refractivity contribution in [3.8, 4) is 0 Å². The standard InChI is InChI=1S/C10H22N2O2/c1-12(5-7-13-2)10(8-11)4-3-6-14-9-10/h3-9,11H2,1-2H3. The van der Waals surface area contributed by atoms with Crippen LogP contribution in [-0.4, -0.2) is 57.5 Å². The first-order valence-electron chi connectivity index (χ1n) is 5.23. The van der Waals surface area contributed by atoms with Gasteiger partial charge in [0.1, 0.15) is 0 Å². The van der Waals surface area contributed by atoms with Crippen LogP contribution in [0.25, 0.3) is 0 Å². The zero-order valence-electron chi connectivity index (χ0n) is 9.29. The molecule has 0 aromatic heterocycles. The fraction of sp³-hybridized carbons (Fsp3) is 1.00. The van der Waals surface area contributed by atoms with Crippen molar-refractivity contribution in [2.24, 2.45) is 5.73 Å². The first kappa shape index (κ1) is 11.9. The molecular weight excluding hydrogens is 180 g/mol. The minimum absolute atomic E-state index is 0.0385. The summed E-state index contributed by atoms with van der Waals surface area (Å²) in [6.45, 7) is 3.95. The highest BCUT2D eigenvalue weighted by atomic mass is 16.5. The quantitative estimate of drug-likeness (QED) is 0.685. The Morgan fingerprint density at radius 2 is 2.36 bits per heavy atom. The molecular formula is C10H22N2O2. The molecule has 84 valence electrons. The van der Waals surface area contributed by atoms with Gasteiger partial charge in [-0.15, -0.1) is 0 Å². The lowest BCUT2D eigenvalue weighted by molar-refractivity contribution is -0.0403. The molecule has 0 aromatic rings. The van der Waals surface area contributed by atoms with Crippen LogP contribution < -0.4 is 5.73 Å². The topological polar surface area (TPSA) is 47.7 Å². The second kappa shape index (κ2) is 5.66. The van der Waals surface area contributed by atoms with Crippen molar-refractivity contribution in [3.63, 3.8) is 0 Å². The summed E-state index contributed by atoms with van der Waals surface area (Å²) >= 11 is 0. The summed E-state index contributed by atoms with van der Waals surface area (Å²) in [7, 11) is 3.82. The van der Waals surface area contributed by atoms with Crippen LogP contribution in [0.2, 0.25) is 0 Å². The smallest absolute Gasteiger partial charge is 0.0662 e. The number of likely N-dealkylation sites (N-methyl/N-ethyl adjacent to an activating group) is 1. The maximum Gasteiger partial charge on any atom is 0.0662 e. The van der Waals surface area contributed by atoms with Crippen LogP contribution in [0.3, 0.4) is 0 Å². The fourth-order valence-corrected chi connectivity index (χ4v) is 1.92. The molecule has 1 unspecified atom stereocenters. The van der Waals surface area contributed by atoms with Crippen LogP contribution in [0.4, 0.5) is 0 Å². The van der Waals surface area contributed by atoms with E-state index in [4.69, 9.17) is 15.2 Å². The molecule has 0 saturated carbocycles. The van der Waals surface area contributed by atoms with Gasteiger partial charge in [0, 0.05) is 26.8 Å². The van der Waals surface area contributed by atoms with Crippen LogP contribution in [0.5, 0.6) is 0 Å². The lowest BCUT2D eigenvalue weighted by Crippen LogP contribution is -2.57. The molecule has 0 amide bonds. The molecule has 14 heavy (non-hydrogen) atoms. The maximum absolute atomic E-state index is 5.85. The van der Waals surface area contributed by atoms with E-state index in [1.807, 2.05) is 0 Å². The third-order valence-electron chi connectivity index (χ3n) is 3.12. The van der Waals surface area contributed by atoms with Crippen molar-refractivity contribution in [1.29, 1.82) is 0 Å². The molecule has 1 aliphatic heterocycles. The SMILES string of the molecule is COCCN(C)C1(CN)CCCOC1. The molecule has 1 aliphatic rings. The van der Waals surface area contributed by atoms with Gasteiger partial charge >= 0.3 is 0 Å². The van der Waals surface area contributed by atoms with Gasteiger partial charge in [-0.1, -0.05) is 0 Å². The van der Waals surface area contributed by atoms with Gasteiger partial charge in [-0.2, -0.15) is 0 Å². The Morgan fingerprint density at radius 3 is 2.86 bits per heavy atom. The molecule has 0 bridgehead atoms. The average Bonchev–Trinajstić information content (AvgIpc) is 2.26. The summed E-state index contributed by atoms with van der Waals surface area (Å²) in [4.78, 5) is 2.27. The van der Waals surface area contributed by atoms with E-state index in [9.17, 15) is 0 Å². The zero-order valence-corrected chi connectivity index (χ0v) is 9.29. The van der Waals surface area contributed by atoms with Gasteiger partial charge in [0.2, 0.25) is 0 Å². The van der Waals surface area contributed by atoms with Crippen LogP contribution in [0.15, 0.2) is 0 Å². The number of nitrogens with two attached hydrogens (primary N) is 1. The van der Waals surface area contributed by atoms with Gasteiger partial charge in [-0.25, -0.2) is 0 Å². The number of ether oxygens (including phenoxy) is 2. The Kier molecular flexibility index (Phi) is 4.81. The van der Waals surface area contributed by atoms with Crippen molar-refractivity contribution in [2.75, 3.05) is 47.1 Å². The first-order chi connectivity index (χ1) is 6.75. The minimum Gasteiger partial charge on any atom is -0.383 e. The highest BCUT2D eigenvalue weighted by Crippen LogP contribution is 2.23. The Hall–Kier alpha value is -0.160. The van der Waals surface area contributed by atoms with E-state index < -0.39 is 0 Å². The van der Waals surface area contributed by atoms with Gasteiger partial charge in [0.05, 0.1) is 18.8 Å². The third kappa shape index (κ3) is 2.67. The van der Waals surface area contributed by atoms with Crippen molar-refractivity contribution >= 4 is 0 Å². The molecule has 1 fully saturated rings. The summed E-state index contributed by atoms with van der Waals surface area (Å²) in [5, 5.41) is 0. The van der Waals surface area contributed by atoms with Crippen LogP contribution in [0.1, 0.15) is 12.8 Å². The van der Waals surface area contributed by atoms with Gasteiger partial charge in [-0.3, -0.25) is 4.90 Å². The summed E-state index contributed by atoms with van der Waals surface area (Å²) in [5.41, 5.74) is 5.89. The molecule has 0 spiro atoms. The number of methoxy groups -OCH3 is 1. The van der Waals surface area contributed by atoms with Crippen LogP contribution >= 0.6 is 0 Å². The Bertz CT molecular complexity index is 158. The molecule has 4 heteroatoms. The number of nitrogens with zero attached hydrogens (tertiary/aromatic N) is 1. The largest absolute Gasteiger partial charge is 0.383 e. The second-order valence-electron chi connectivity index (χ2n) is 4.00. The average molecular weight is 202 g/mol. The molecule has 0 aromatic carbocycles. The van der Waals surface area contributed by atoms with E-state index in [0.29, 0.717) is 6.54 Å². The monoisotopic (exact) mass is 202 g/mol. The zero-order chi connectivity index (χ0) is 10.4. The van der Waals surface area contributed by atoms with E-state index >= 15 is 0 Å². The number of hydrogen-bond donors (Lipinski definition) is 1. The first-order valence-corrected chi connectivity index (χ1v) is 5.23. The van der Waals surface area contributed by atoms with Crippen molar-refractivity contribution in [2.45, 2.75) is 18.4 Å². The Labute approximate surface area is 86.3 Å². The molecule has 2 N–H and O–H groups in total. The maximum atomic E-state index is 5.85. The molecule has 4 nitrogen and oxygen atoms in total. The lowest BCUT2D eigenvalue weighted by Gasteiger charge is -2.43. The molecule has 0 aliphatic carbocycles. The van der Waals surface area contributed by atoms with E-state index in [1.165, 1.54) is 0 Å². The predicted molar refractivity (Wildman–Crippen MR) is 56.3 cm³/mol. The van der Waals surface area contributed by atoms with E-state index in [-0.39, 0.29) is 5.54 Å². The number of rotatable bonds is 5. The predicted octanol–water partition coefficient (Wildman–Crippen LogP) is 0.0725. The fourth-order valence-electron chi connectivity index (χ4n) is 1.92. The van der Waals surface area contributed by atoms with E-state index in [0.717, 1.165) is 39.2 Å². The van der Waals surface area contributed by atoms with Gasteiger partial charge in [0.15, 0.2) is 0 Å². The van der Waals surface area contributed by atoms with Gasteiger partial charge < -0.3 is 15.2 Å². The summed E-state index contributed by atoms with van der Waals surface area (Å²) in [5.74, 6) is 0. The Balaban J connectivity index is 2.48. The summed E-state index contributed by atoms with van der Waals surface area (Å²) in [6.07, 6.45) is 2.23. The summed E-state index contributed by atoms with van der Waals surface area (Å²) in [6, 6.07) is 0. The van der Waals surface area contributed by atoms with E-state index in [1.54, 1.807) is 7.11 Å². The Morgan fingerprint density at radius 1 is 1.57 bits per heavy atom. The molecule has 1 heterocycles. The number of hydrogen-bond acceptors (Lipinski definition) is 4. The second-order valence-corrected chi connectivity index (χ2v) is 4.00. The van der Waals surface area contributed by atoms with Crippen LogP contribution in [0, 0.1) is 0 Å². The molecule has 1 saturated heterocycles. The van der Waals surface area contributed by atoms with Gasteiger partial charge in [-0.05, 0) is 19.9 Å². The lowest BCUT2D eigenvalue weighted by atomic mass is 9.91. The van der Waals surface area contributed by atoms with Gasteiger partial charge in [0.25, 0.3) is 0 Å². The highest BCUT2D eigenvalue weighted by Gasteiger charge is 2.35. The molecule has 0 radical (unpaired) electrons. The van der Waals surface area contributed by atoms with E-state index in [2.05, 4.69) is 11.9 Å².